The van der Waals surface area contributed by atoms with Gasteiger partial charge >= 0.3 is 0 Å². The third-order valence-corrected chi connectivity index (χ3v) is 6.02. The second kappa shape index (κ2) is 10.9. The van der Waals surface area contributed by atoms with Crippen LogP contribution in [0.15, 0.2) is 54.6 Å². The molecule has 1 fully saturated rings. The molecule has 2 aromatic carbocycles. The highest BCUT2D eigenvalue weighted by molar-refractivity contribution is 5.64. The zero-order valence-corrected chi connectivity index (χ0v) is 16.9. The van der Waals surface area contributed by atoms with Crippen LogP contribution in [0.4, 0.5) is 8.78 Å². The molecule has 1 aliphatic carbocycles. The number of hydrogen-bond donors (Lipinski definition) is 0. The van der Waals surface area contributed by atoms with Crippen LogP contribution in [0.3, 0.4) is 0 Å². The summed E-state index contributed by atoms with van der Waals surface area (Å²) < 4.78 is 26.0. The Bertz CT molecular complexity index is 840. The lowest BCUT2D eigenvalue weighted by atomic mass is 9.79. The fraction of sp³-hybridized carbons (Fsp3) is 0.423. The Morgan fingerprint density at radius 1 is 1.00 bits per heavy atom. The monoisotopic (exact) mass is 393 g/mol. The van der Waals surface area contributed by atoms with Crippen molar-refractivity contribution in [2.24, 2.45) is 11.8 Å². The van der Waals surface area contributed by atoms with E-state index in [9.17, 15) is 8.78 Å². The standard InChI is InChI=1S/C26H29F2N/c27-17-3-1-2-4-20-5-7-21(8-6-20)9-10-22-11-13-23(14-12-22)24-15-16-25(19-29)26(28)18-24/h2,4,11-16,18,20-21H,1,3,5-10,17H2/t20-,21-. The molecule has 1 nitrogen and oxygen atoms in total. The van der Waals surface area contributed by atoms with Crippen molar-refractivity contribution in [1.29, 1.82) is 5.26 Å². The normalized spacial score (nSPS) is 19.3. The van der Waals surface area contributed by atoms with Gasteiger partial charge < -0.3 is 0 Å². The van der Waals surface area contributed by atoms with E-state index in [-0.39, 0.29) is 12.2 Å². The molecule has 3 heteroatoms. The molecule has 0 N–H and O–H groups in total. The molecule has 0 spiro atoms. The van der Waals surface area contributed by atoms with Crippen molar-refractivity contribution in [3.05, 3.63) is 71.6 Å². The van der Waals surface area contributed by atoms with E-state index in [1.165, 1.54) is 49.8 Å². The van der Waals surface area contributed by atoms with Crippen molar-refractivity contribution >= 4 is 0 Å². The maximum Gasteiger partial charge on any atom is 0.141 e. The molecule has 0 atom stereocenters. The maximum absolute atomic E-state index is 13.8. The van der Waals surface area contributed by atoms with Crippen molar-refractivity contribution in [3.8, 4) is 17.2 Å². The minimum Gasteiger partial charge on any atom is -0.251 e. The molecule has 3 rings (SSSR count). The molecule has 29 heavy (non-hydrogen) atoms. The van der Waals surface area contributed by atoms with Crippen LogP contribution in [-0.2, 0) is 6.42 Å². The summed E-state index contributed by atoms with van der Waals surface area (Å²) in [5.74, 6) is 0.998. The van der Waals surface area contributed by atoms with Gasteiger partial charge in [-0.15, -0.1) is 0 Å². The van der Waals surface area contributed by atoms with Crippen molar-refractivity contribution in [2.45, 2.75) is 51.4 Å². The van der Waals surface area contributed by atoms with Gasteiger partial charge in [0.05, 0.1) is 12.2 Å². The number of halogens is 2. The van der Waals surface area contributed by atoms with E-state index in [0.717, 1.165) is 29.9 Å². The Morgan fingerprint density at radius 2 is 1.72 bits per heavy atom. The van der Waals surface area contributed by atoms with Crippen molar-refractivity contribution < 1.29 is 8.78 Å². The van der Waals surface area contributed by atoms with Crippen LogP contribution in [0, 0.1) is 29.0 Å². The number of rotatable bonds is 8. The number of unbranched alkanes of at least 4 members (excludes halogenated alkanes) is 1. The smallest absolute Gasteiger partial charge is 0.141 e. The molecule has 0 radical (unpaired) electrons. The first kappa shape index (κ1) is 21.2. The van der Waals surface area contributed by atoms with E-state index >= 15 is 0 Å². The minimum absolute atomic E-state index is 0.0790. The van der Waals surface area contributed by atoms with E-state index < -0.39 is 5.82 Å². The average molecular weight is 394 g/mol. The van der Waals surface area contributed by atoms with Gasteiger partial charge in [-0.05, 0) is 92.0 Å². The lowest BCUT2D eigenvalue weighted by Gasteiger charge is -2.26. The molecule has 0 amide bonds. The summed E-state index contributed by atoms with van der Waals surface area (Å²) in [6.07, 6.45) is 13.3. The van der Waals surface area contributed by atoms with Gasteiger partial charge in [0.25, 0.3) is 0 Å². The first-order chi connectivity index (χ1) is 14.2. The maximum atomic E-state index is 13.8. The fourth-order valence-electron chi connectivity index (χ4n) is 4.17. The highest BCUT2D eigenvalue weighted by Crippen LogP contribution is 2.32. The summed E-state index contributed by atoms with van der Waals surface area (Å²) in [7, 11) is 0. The Balaban J connectivity index is 1.46. The lowest BCUT2D eigenvalue weighted by molar-refractivity contribution is 0.296. The van der Waals surface area contributed by atoms with E-state index in [1.807, 2.05) is 18.2 Å². The van der Waals surface area contributed by atoms with Crippen LogP contribution >= 0.6 is 0 Å². The number of nitrogens with zero attached hydrogens (tertiary/aromatic N) is 1. The molecular formula is C26H29F2N. The Hall–Kier alpha value is -2.47. The van der Waals surface area contributed by atoms with Gasteiger partial charge in [-0.3, -0.25) is 4.39 Å². The predicted molar refractivity (Wildman–Crippen MR) is 115 cm³/mol. The number of benzene rings is 2. The van der Waals surface area contributed by atoms with Crippen LogP contribution < -0.4 is 0 Å². The Morgan fingerprint density at radius 3 is 2.38 bits per heavy atom. The highest BCUT2D eigenvalue weighted by Gasteiger charge is 2.19. The van der Waals surface area contributed by atoms with E-state index in [1.54, 1.807) is 6.07 Å². The highest BCUT2D eigenvalue weighted by atomic mass is 19.1. The summed E-state index contributed by atoms with van der Waals surface area (Å²) in [6, 6.07) is 14.9. The van der Waals surface area contributed by atoms with E-state index in [0.29, 0.717) is 12.3 Å². The third kappa shape index (κ3) is 6.26. The van der Waals surface area contributed by atoms with Gasteiger partial charge in [0.2, 0.25) is 0 Å². The van der Waals surface area contributed by atoms with Crippen molar-refractivity contribution in [3.63, 3.8) is 0 Å². The second-order valence-corrected chi connectivity index (χ2v) is 8.08. The van der Waals surface area contributed by atoms with Crippen LogP contribution in [0.25, 0.3) is 11.1 Å². The zero-order chi connectivity index (χ0) is 20.5. The Labute approximate surface area is 173 Å². The van der Waals surface area contributed by atoms with Gasteiger partial charge in [0.15, 0.2) is 0 Å². The molecule has 0 heterocycles. The fourth-order valence-corrected chi connectivity index (χ4v) is 4.17. The summed E-state index contributed by atoms with van der Waals surface area (Å²) >= 11 is 0. The number of alkyl halides is 1. The average Bonchev–Trinajstić information content (AvgIpc) is 2.76. The molecule has 0 aliphatic heterocycles. The molecule has 0 saturated heterocycles. The molecule has 0 bridgehead atoms. The van der Waals surface area contributed by atoms with Crippen LogP contribution in [0.2, 0.25) is 0 Å². The summed E-state index contributed by atoms with van der Waals surface area (Å²) in [4.78, 5) is 0. The molecule has 1 aliphatic rings. The Kier molecular flexibility index (Phi) is 7.99. The molecular weight excluding hydrogens is 364 g/mol. The largest absolute Gasteiger partial charge is 0.251 e. The second-order valence-electron chi connectivity index (χ2n) is 8.08. The quantitative estimate of drug-likeness (QED) is 0.338. The molecule has 1 saturated carbocycles. The number of nitriles is 1. The van der Waals surface area contributed by atoms with Gasteiger partial charge in [0, 0.05) is 0 Å². The van der Waals surface area contributed by atoms with Crippen molar-refractivity contribution in [1.82, 2.24) is 0 Å². The van der Waals surface area contributed by atoms with Gasteiger partial charge in [-0.1, -0.05) is 42.5 Å². The SMILES string of the molecule is N#Cc1ccc(-c2ccc(CC[C@H]3CC[C@H](C=CCCCF)CC3)cc2)cc1F. The number of aryl methyl sites for hydroxylation is 1. The summed E-state index contributed by atoms with van der Waals surface area (Å²) in [5.41, 5.74) is 3.16. The van der Waals surface area contributed by atoms with Gasteiger partial charge in [-0.25, -0.2) is 4.39 Å². The predicted octanol–water partition coefficient (Wildman–Crippen LogP) is 7.41. The molecule has 152 valence electrons. The van der Waals surface area contributed by atoms with Crippen LogP contribution in [0.5, 0.6) is 0 Å². The molecule has 0 aromatic heterocycles. The van der Waals surface area contributed by atoms with Gasteiger partial charge in [0.1, 0.15) is 11.9 Å². The number of hydrogen-bond acceptors (Lipinski definition) is 1. The first-order valence-electron chi connectivity index (χ1n) is 10.7. The van der Waals surface area contributed by atoms with E-state index in [2.05, 4.69) is 24.3 Å². The van der Waals surface area contributed by atoms with Crippen LogP contribution in [-0.4, -0.2) is 6.67 Å². The summed E-state index contributed by atoms with van der Waals surface area (Å²) in [6.45, 7) is -0.220. The molecule has 0 unspecified atom stereocenters. The first-order valence-corrected chi connectivity index (χ1v) is 10.7. The lowest BCUT2D eigenvalue weighted by Crippen LogP contribution is -2.13. The van der Waals surface area contributed by atoms with Crippen molar-refractivity contribution in [2.75, 3.05) is 6.67 Å². The number of allylic oxidation sites excluding steroid dienone is 2. The molecule has 2 aromatic rings. The minimum atomic E-state index is -0.470. The van der Waals surface area contributed by atoms with Gasteiger partial charge in [-0.2, -0.15) is 5.26 Å². The van der Waals surface area contributed by atoms with Crippen LogP contribution in [0.1, 0.15) is 56.1 Å². The zero-order valence-electron chi connectivity index (χ0n) is 16.9. The third-order valence-electron chi connectivity index (χ3n) is 6.02. The van der Waals surface area contributed by atoms with E-state index in [4.69, 9.17) is 5.26 Å². The summed E-state index contributed by atoms with van der Waals surface area (Å²) in [5, 5.41) is 8.85. The topological polar surface area (TPSA) is 23.8 Å².